The number of ether oxygens (including phenoxy) is 4. The van der Waals surface area contributed by atoms with E-state index in [2.05, 4.69) is 31.0 Å². The molecule has 17 heteroatoms. The van der Waals surface area contributed by atoms with Gasteiger partial charge in [-0.2, -0.15) is 10.4 Å². The highest BCUT2D eigenvalue weighted by Gasteiger charge is 2.50. The van der Waals surface area contributed by atoms with Gasteiger partial charge in [-0.1, -0.05) is 11.8 Å². The summed E-state index contributed by atoms with van der Waals surface area (Å²) in [4.78, 5) is 44.8. The molecule has 1 aromatic carbocycles. The predicted molar refractivity (Wildman–Crippen MR) is 148 cm³/mol. The Kier molecular flexibility index (Phi) is 11.6. The molecule has 2 heterocycles. The van der Waals surface area contributed by atoms with Crippen LogP contribution >= 0.6 is 27.7 Å². The third-order valence-electron chi connectivity index (χ3n) is 5.63. The number of thioether (sulfide) groups is 1. The second kappa shape index (κ2) is 14.9. The van der Waals surface area contributed by atoms with Crippen molar-refractivity contribution in [2.24, 2.45) is 15.9 Å². The third kappa shape index (κ3) is 8.75. The lowest BCUT2D eigenvalue weighted by atomic mass is 9.97. The van der Waals surface area contributed by atoms with Gasteiger partial charge in [0.15, 0.2) is 35.4 Å². The Morgan fingerprint density at radius 2 is 1.74 bits per heavy atom. The Hall–Kier alpha value is -4.01. The topological polar surface area (TPSA) is 176 Å². The normalized spacial score (nSPS) is 22.1. The van der Waals surface area contributed by atoms with Gasteiger partial charge in [0.2, 0.25) is 0 Å². The van der Waals surface area contributed by atoms with Gasteiger partial charge in [0.25, 0.3) is 0 Å². The first-order chi connectivity index (χ1) is 20.3. The van der Waals surface area contributed by atoms with Gasteiger partial charge < -0.3 is 24.8 Å². The second-order valence-electron chi connectivity index (χ2n) is 8.76. The molecule has 0 saturated carbocycles. The number of esters is 3. The van der Waals surface area contributed by atoms with Gasteiger partial charge in [-0.15, -0.1) is 0 Å². The van der Waals surface area contributed by atoms with E-state index < -0.39 is 71.8 Å². The molecule has 1 aliphatic heterocycles. The fourth-order valence-electron chi connectivity index (χ4n) is 3.89. The summed E-state index contributed by atoms with van der Waals surface area (Å²) < 4.78 is 64.0. The molecule has 1 aromatic heterocycles. The lowest BCUT2D eigenvalue weighted by Crippen LogP contribution is -2.59. The van der Waals surface area contributed by atoms with E-state index >= 15 is 0 Å². The number of nitrogens with two attached hydrogens (primary N) is 1. The molecule has 3 unspecified atom stereocenters. The summed E-state index contributed by atoms with van der Waals surface area (Å²) in [5.41, 5.74) is -1.58. The molecule has 0 bridgehead atoms. The van der Waals surface area contributed by atoms with Crippen LogP contribution < -0.4 is 5.84 Å². The monoisotopic (exact) mass is 685 g/mol. The van der Waals surface area contributed by atoms with Gasteiger partial charge in [-0.3, -0.25) is 19.4 Å². The van der Waals surface area contributed by atoms with Crippen LogP contribution in [0.2, 0.25) is 0 Å². The summed E-state index contributed by atoms with van der Waals surface area (Å²) in [6.07, 6.45) is -1.45. The van der Waals surface area contributed by atoms with Gasteiger partial charge in [-0.05, 0) is 34.1 Å². The van der Waals surface area contributed by atoms with E-state index in [0.717, 1.165) is 38.7 Å². The smallest absolute Gasteiger partial charge is 0.303 e. The van der Waals surface area contributed by atoms with Crippen LogP contribution in [0, 0.1) is 28.8 Å². The summed E-state index contributed by atoms with van der Waals surface area (Å²) in [5, 5.41) is 12.7. The maximum atomic E-state index is 13.9. The van der Waals surface area contributed by atoms with E-state index in [-0.39, 0.29) is 17.0 Å². The molecule has 1 saturated heterocycles. The highest BCUT2D eigenvalue weighted by atomic mass is 79.9. The van der Waals surface area contributed by atoms with Crippen molar-refractivity contribution < 1.29 is 46.5 Å². The number of benzene rings is 1. The predicted octanol–water partition coefficient (Wildman–Crippen LogP) is 3.18. The number of rotatable bonds is 9. The van der Waals surface area contributed by atoms with Crippen molar-refractivity contribution in [2.75, 3.05) is 6.61 Å². The van der Waals surface area contributed by atoms with Crippen LogP contribution in [0.1, 0.15) is 32.0 Å². The molecule has 1 aliphatic rings. The first-order valence-electron chi connectivity index (χ1n) is 12.2. The minimum atomic E-state index is -1.71. The minimum absolute atomic E-state index is 0.109. The van der Waals surface area contributed by atoms with Gasteiger partial charge in [0, 0.05) is 37.4 Å². The quantitative estimate of drug-likeness (QED) is 0.102. The molecule has 228 valence electrons. The zero-order chi connectivity index (χ0) is 31.8. The van der Waals surface area contributed by atoms with Crippen molar-refractivity contribution >= 4 is 57.5 Å². The van der Waals surface area contributed by atoms with Gasteiger partial charge >= 0.3 is 17.9 Å². The van der Waals surface area contributed by atoms with Crippen molar-refractivity contribution in [3.8, 4) is 6.07 Å². The molecule has 0 radical (unpaired) electrons. The number of pyridine rings is 1. The standard InChI is InChI=1S/C26H23BrF3N5O7S/c1-11(36)39-10-21-24(40-12(2)37)23(34-9-20(35-32)14-4-17(28)22(30)18(29)5-14)25(41-13(3)38)26(42-21)43-15-6-16(27)19(7-31)33-8-15/h4-6,8-9,21,23-26H,10,32H2,1-3H3/t21?,23?,24-,25?,26+/m0/s1. The number of halogens is 4. The molecule has 0 spiro atoms. The number of carbonyl (C=O) groups excluding carboxylic acids is 3. The lowest BCUT2D eigenvalue weighted by molar-refractivity contribution is -0.200. The van der Waals surface area contributed by atoms with Crippen LogP contribution in [0.4, 0.5) is 13.2 Å². The van der Waals surface area contributed by atoms with Crippen molar-refractivity contribution in [3.63, 3.8) is 0 Å². The summed E-state index contributed by atoms with van der Waals surface area (Å²) in [7, 11) is 0. The zero-order valence-electron chi connectivity index (χ0n) is 22.6. The Labute approximate surface area is 255 Å². The van der Waals surface area contributed by atoms with Gasteiger partial charge in [0.05, 0.1) is 10.7 Å². The number of nitrogens with zero attached hydrogens (tertiary/aromatic N) is 4. The van der Waals surface area contributed by atoms with E-state index in [4.69, 9.17) is 24.8 Å². The van der Waals surface area contributed by atoms with Crippen LogP contribution in [0.25, 0.3) is 0 Å². The fraction of sp³-hybridized carbons (Fsp3) is 0.346. The van der Waals surface area contributed by atoms with E-state index in [1.165, 1.54) is 6.20 Å². The summed E-state index contributed by atoms with van der Waals surface area (Å²) in [6, 6.07) is 3.48. The first kappa shape index (κ1) is 33.5. The Bertz CT molecular complexity index is 1480. The zero-order valence-corrected chi connectivity index (χ0v) is 25.0. The molecule has 12 nitrogen and oxygen atoms in total. The van der Waals surface area contributed by atoms with E-state index in [1.807, 2.05) is 6.07 Å². The van der Waals surface area contributed by atoms with Gasteiger partial charge in [-0.25, -0.2) is 18.2 Å². The average Bonchev–Trinajstić information content (AvgIpc) is 2.93. The van der Waals surface area contributed by atoms with Crippen LogP contribution in [-0.2, 0) is 33.3 Å². The highest BCUT2D eigenvalue weighted by molar-refractivity contribution is 9.10. The molecule has 5 atom stereocenters. The van der Waals surface area contributed by atoms with Crippen LogP contribution in [0.3, 0.4) is 0 Å². The van der Waals surface area contributed by atoms with Crippen molar-refractivity contribution in [2.45, 2.75) is 55.5 Å². The number of nitriles is 1. The van der Waals surface area contributed by atoms with Crippen molar-refractivity contribution in [1.29, 1.82) is 5.26 Å². The molecule has 43 heavy (non-hydrogen) atoms. The average molecular weight is 686 g/mol. The SMILES string of the molecule is CC(=O)OCC1O[C@H](Sc2cnc(C#N)c(Br)c2)C(OC(C)=O)C(N=CC(=NN)c2cc(F)c(F)c(F)c2)[C@H]1OC(C)=O. The number of aliphatic imine (C=N–C) groups is 1. The van der Waals surface area contributed by atoms with Crippen molar-refractivity contribution in [3.05, 3.63) is 57.6 Å². The highest BCUT2D eigenvalue weighted by Crippen LogP contribution is 2.38. The molecule has 2 N–H and O–H groups in total. The number of aromatic nitrogens is 1. The van der Waals surface area contributed by atoms with E-state index in [0.29, 0.717) is 21.5 Å². The Morgan fingerprint density at radius 1 is 1.12 bits per heavy atom. The number of hydrogen-bond donors (Lipinski definition) is 1. The van der Waals surface area contributed by atoms with Crippen LogP contribution in [-0.4, -0.2) is 71.2 Å². The fourth-order valence-corrected chi connectivity index (χ4v) is 5.60. The second-order valence-corrected chi connectivity index (χ2v) is 10.8. The largest absolute Gasteiger partial charge is 0.463 e. The first-order valence-corrected chi connectivity index (χ1v) is 13.8. The van der Waals surface area contributed by atoms with Gasteiger partial charge in [0.1, 0.15) is 36.0 Å². The number of carbonyl (C=O) groups is 3. The van der Waals surface area contributed by atoms with Crippen LogP contribution in [0.15, 0.2) is 43.9 Å². The molecule has 0 amide bonds. The van der Waals surface area contributed by atoms with Crippen molar-refractivity contribution in [1.82, 2.24) is 4.98 Å². The Balaban J connectivity index is 2.11. The summed E-state index contributed by atoms with van der Waals surface area (Å²) in [6.45, 7) is 2.95. The third-order valence-corrected chi connectivity index (χ3v) is 7.35. The maximum Gasteiger partial charge on any atom is 0.303 e. The molecular weight excluding hydrogens is 663 g/mol. The number of hydrazone groups is 1. The minimum Gasteiger partial charge on any atom is -0.463 e. The Morgan fingerprint density at radius 3 is 2.28 bits per heavy atom. The van der Waals surface area contributed by atoms with Crippen LogP contribution in [0.5, 0.6) is 0 Å². The molecule has 2 aromatic rings. The molecular formula is C26H23BrF3N5O7S. The molecule has 1 fully saturated rings. The summed E-state index contributed by atoms with van der Waals surface area (Å²) >= 11 is 4.25. The lowest BCUT2D eigenvalue weighted by Gasteiger charge is -2.43. The molecule has 3 rings (SSSR count). The van der Waals surface area contributed by atoms with E-state index in [1.54, 1.807) is 6.07 Å². The number of hydrogen-bond acceptors (Lipinski definition) is 13. The maximum absolute atomic E-state index is 13.9. The summed E-state index contributed by atoms with van der Waals surface area (Å²) in [5.74, 6) is -1.52. The van der Waals surface area contributed by atoms with E-state index in [9.17, 15) is 32.8 Å². The molecule has 0 aliphatic carbocycles.